The summed E-state index contributed by atoms with van der Waals surface area (Å²) in [6.45, 7) is 2.28. The number of amides is 2. The number of primary amides is 1. The highest BCUT2D eigenvalue weighted by Gasteiger charge is 2.25. The van der Waals surface area contributed by atoms with Gasteiger partial charge in [-0.15, -0.1) is 0 Å². The first-order valence-electron chi connectivity index (χ1n) is 7.68. The molecule has 1 fully saturated rings. The third kappa shape index (κ3) is 4.85. The number of aromatic nitrogens is 1. The number of likely N-dealkylation sites (tertiary alicyclic amines) is 1. The fraction of sp³-hybridized carbons (Fsp3) is 0.562. The maximum atomic E-state index is 12.1. The summed E-state index contributed by atoms with van der Waals surface area (Å²) in [6, 6.07) is 6.01. The molecule has 2 N–H and O–H groups in total. The van der Waals surface area contributed by atoms with Gasteiger partial charge in [-0.3, -0.25) is 9.59 Å². The number of hydrogen-bond donors (Lipinski definition) is 1. The SMILES string of the molecule is NC(=O)C1CCN(C(=O)CCCC[n+]2ccccc2)CC1. The molecule has 21 heavy (non-hydrogen) atoms. The molecule has 5 nitrogen and oxygen atoms in total. The van der Waals surface area contributed by atoms with Gasteiger partial charge < -0.3 is 10.6 Å². The van der Waals surface area contributed by atoms with E-state index in [1.807, 2.05) is 35.5 Å². The van der Waals surface area contributed by atoms with Gasteiger partial charge in [-0.1, -0.05) is 6.07 Å². The number of unbranched alkanes of at least 4 members (excludes halogenated alkanes) is 1. The zero-order valence-electron chi connectivity index (χ0n) is 12.4. The zero-order valence-corrected chi connectivity index (χ0v) is 12.4. The average molecular weight is 290 g/mol. The van der Waals surface area contributed by atoms with Crippen molar-refractivity contribution in [2.45, 2.75) is 38.6 Å². The van der Waals surface area contributed by atoms with Crippen molar-refractivity contribution in [2.75, 3.05) is 13.1 Å². The summed E-state index contributed by atoms with van der Waals surface area (Å²) in [7, 11) is 0. The van der Waals surface area contributed by atoms with E-state index in [9.17, 15) is 9.59 Å². The lowest BCUT2D eigenvalue weighted by Crippen LogP contribution is -2.41. The fourth-order valence-corrected chi connectivity index (χ4v) is 2.73. The topological polar surface area (TPSA) is 67.3 Å². The highest BCUT2D eigenvalue weighted by atomic mass is 16.2. The van der Waals surface area contributed by atoms with Crippen LogP contribution in [-0.2, 0) is 16.1 Å². The summed E-state index contributed by atoms with van der Waals surface area (Å²) in [5.74, 6) is -0.0819. The Morgan fingerprint density at radius 1 is 1.10 bits per heavy atom. The Morgan fingerprint density at radius 3 is 2.38 bits per heavy atom. The van der Waals surface area contributed by atoms with Crippen LogP contribution >= 0.6 is 0 Å². The Labute approximate surface area is 125 Å². The van der Waals surface area contributed by atoms with Crippen molar-refractivity contribution < 1.29 is 14.2 Å². The predicted octanol–water partition coefficient (Wildman–Crippen LogP) is 0.868. The second-order valence-corrected chi connectivity index (χ2v) is 5.63. The van der Waals surface area contributed by atoms with E-state index in [1.54, 1.807) is 0 Å². The van der Waals surface area contributed by atoms with Crippen LogP contribution in [0.1, 0.15) is 32.1 Å². The van der Waals surface area contributed by atoms with Gasteiger partial charge >= 0.3 is 0 Å². The van der Waals surface area contributed by atoms with Gasteiger partial charge in [-0.05, 0) is 19.3 Å². The molecule has 1 aromatic rings. The minimum absolute atomic E-state index is 0.0523. The van der Waals surface area contributed by atoms with Crippen LogP contribution in [0.2, 0.25) is 0 Å². The number of rotatable bonds is 6. The first-order valence-corrected chi connectivity index (χ1v) is 7.68. The van der Waals surface area contributed by atoms with Gasteiger partial charge in [0.25, 0.3) is 0 Å². The molecule has 0 aromatic carbocycles. The van der Waals surface area contributed by atoms with Gasteiger partial charge in [0.05, 0.1) is 0 Å². The number of nitrogens with zero attached hydrogens (tertiary/aromatic N) is 2. The second-order valence-electron chi connectivity index (χ2n) is 5.63. The molecule has 0 aliphatic carbocycles. The number of aryl methyl sites for hydroxylation is 1. The molecule has 2 rings (SSSR count). The monoisotopic (exact) mass is 290 g/mol. The molecule has 0 spiro atoms. The average Bonchev–Trinajstić information content (AvgIpc) is 2.52. The van der Waals surface area contributed by atoms with Crippen molar-refractivity contribution in [3.63, 3.8) is 0 Å². The minimum Gasteiger partial charge on any atom is -0.369 e. The largest absolute Gasteiger partial charge is 0.369 e. The maximum Gasteiger partial charge on any atom is 0.222 e. The van der Waals surface area contributed by atoms with Crippen LogP contribution in [0.3, 0.4) is 0 Å². The molecule has 0 atom stereocenters. The molecule has 0 saturated carbocycles. The van der Waals surface area contributed by atoms with Crippen molar-refractivity contribution in [1.82, 2.24) is 4.90 Å². The molecule has 2 amide bonds. The van der Waals surface area contributed by atoms with E-state index in [0.29, 0.717) is 32.4 Å². The lowest BCUT2D eigenvalue weighted by molar-refractivity contribution is -0.697. The molecule has 1 aliphatic heterocycles. The highest BCUT2D eigenvalue weighted by Crippen LogP contribution is 2.17. The van der Waals surface area contributed by atoms with Crippen LogP contribution in [0.5, 0.6) is 0 Å². The summed E-state index contributed by atoms with van der Waals surface area (Å²) in [6.07, 6.45) is 7.98. The Balaban J connectivity index is 1.63. The van der Waals surface area contributed by atoms with Crippen molar-refractivity contribution >= 4 is 11.8 Å². The Hall–Kier alpha value is -1.91. The molecule has 0 bridgehead atoms. The van der Waals surface area contributed by atoms with E-state index in [0.717, 1.165) is 19.4 Å². The lowest BCUT2D eigenvalue weighted by atomic mass is 9.96. The second kappa shape index (κ2) is 7.76. The normalized spacial score (nSPS) is 15.9. The Morgan fingerprint density at radius 2 is 1.76 bits per heavy atom. The third-order valence-electron chi connectivity index (χ3n) is 4.08. The minimum atomic E-state index is -0.234. The van der Waals surface area contributed by atoms with Crippen molar-refractivity contribution in [2.24, 2.45) is 11.7 Å². The quantitative estimate of drug-likeness (QED) is 0.624. The van der Waals surface area contributed by atoms with Crippen molar-refractivity contribution in [1.29, 1.82) is 0 Å². The third-order valence-corrected chi connectivity index (χ3v) is 4.08. The van der Waals surface area contributed by atoms with E-state index >= 15 is 0 Å². The molecule has 1 aliphatic rings. The Bertz CT molecular complexity index is 468. The van der Waals surface area contributed by atoms with Crippen LogP contribution in [0.25, 0.3) is 0 Å². The van der Waals surface area contributed by atoms with Crippen LogP contribution in [-0.4, -0.2) is 29.8 Å². The number of nitrogens with two attached hydrogens (primary N) is 1. The maximum absolute atomic E-state index is 12.1. The molecular weight excluding hydrogens is 266 g/mol. The summed E-state index contributed by atoms with van der Waals surface area (Å²) in [4.78, 5) is 25.1. The first kappa shape index (κ1) is 15.5. The standard InChI is InChI=1S/C16H23N3O2/c17-16(21)14-7-12-19(13-8-14)15(20)6-2-5-11-18-9-3-1-4-10-18/h1,3-4,9-10,14H,2,5-8,11-13H2,(H-,17,21)/p+1. The number of carbonyl (C=O) groups is 2. The number of hydrogen-bond acceptors (Lipinski definition) is 2. The fourth-order valence-electron chi connectivity index (χ4n) is 2.73. The molecule has 0 radical (unpaired) electrons. The molecule has 5 heteroatoms. The number of carbonyl (C=O) groups excluding carboxylic acids is 2. The number of piperidine rings is 1. The van der Waals surface area contributed by atoms with E-state index < -0.39 is 0 Å². The van der Waals surface area contributed by atoms with Crippen LogP contribution in [0.15, 0.2) is 30.6 Å². The Kier molecular flexibility index (Phi) is 5.72. The van der Waals surface area contributed by atoms with Crippen LogP contribution < -0.4 is 10.3 Å². The van der Waals surface area contributed by atoms with E-state index in [-0.39, 0.29) is 17.7 Å². The van der Waals surface area contributed by atoms with Crippen molar-refractivity contribution in [3.8, 4) is 0 Å². The van der Waals surface area contributed by atoms with Gasteiger partial charge in [0.15, 0.2) is 12.4 Å². The summed E-state index contributed by atoms with van der Waals surface area (Å²) >= 11 is 0. The highest BCUT2D eigenvalue weighted by molar-refractivity contribution is 5.78. The van der Waals surface area contributed by atoms with Gasteiger partial charge in [0, 0.05) is 44.0 Å². The first-order chi connectivity index (χ1) is 10.2. The summed E-state index contributed by atoms with van der Waals surface area (Å²) in [5.41, 5.74) is 5.30. The predicted molar refractivity (Wildman–Crippen MR) is 79.0 cm³/mol. The van der Waals surface area contributed by atoms with Crippen molar-refractivity contribution in [3.05, 3.63) is 30.6 Å². The van der Waals surface area contributed by atoms with E-state index in [1.165, 1.54) is 0 Å². The molecule has 114 valence electrons. The van der Waals surface area contributed by atoms with Crippen LogP contribution in [0, 0.1) is 5.92 Å². The van der Waals surface area contributed by atoms with E-state index in [4.69, 9.17) is 5.73 Å². The van der Waals surface area contributed by atoms with Crippen LogP contribution in [0.4, 0.5) is 0 Å². The smallest absolute Gasteiger partial charge is 0.222 e. The summed E-state index contributed by atoms with van der Waals surface area (Å²) in [5, 5.41) is 0. The number of pyridine rings is 1. The zero-order chi connectivity index (χ0) is 15.1. The van der Waals surface area contributed by atoms with Gasteiger partial charge in [-0.25, -0.2) is 4.57 Å². The molecule has 2 heterocycles. The molecular formula is C16H24N3O2+. The lowest BCUT2D eigenvalue weighted by Gasteiger charge is -2.30. The molecule has 1 saturated heterocycles. The summed E-state index contributed by atoms with van der Waals surface area (Å²) < 4.78 is 2.13. The van der Waals surface area contributed by atoms with Gasteiger partial charge in [0.2, 0.25) is 11.8 Å². The van der Waals surface area contributed by atoms with E-state index in [2.05, 4.69) is 4.57 Å². The van der Waals surface area contributed by atoms with Gasteiger partial charge in [-0.2, -0.15) is 0 Å². The molecule has 1 aromatic heterocycles. The molecule has 0 unspecified atom stereocenters. The van der Waals surface area contributed by atoms with Gasteiger partial charge in [0.1, 0.15) is 6.54 Å².